The minimum Gasteiger partial charge on any atom is -0.352 e. The van der Waals surface area contributed by atoms with E-state index in [0.717, 1.165) is 12.8 Å². The van der Waals surface area contributed by atoms with E-state index in [4.69, 9.17) is 11.6 Å². The van der Waals surface area contributed by atoms with Gasteiger partial charge in [0.15, 0.2) is 0 Å². The van der Waals surface area contributed by atoms with Crippen LogP contribution in [0.5, 0.6) is 0 Å². The molecule has 3 rings (SSSR count). The summed E-state index contributed by atoms with van der Waals surface area (Å²) in [5, 5.41) is 3.45. The van der Waals surface area contributed by atoms with Gasteiger partial charge in [0.05, 0.1) is 11.1 Å². The molecule has 1 aliphatic heterocycles. The Balaban J connectivity index is 1.57. The van der Waals surface area contributed by atoms with E-state index in [9.17, 15) is 13.2 Å². The lowest BCUT2D eigenvalue weighted by Gasteiger charge is -2.38. The number of carbonyl (C=O) groups excluding carboxylic acids is 1. The van der Waals surface area contributed by atoms with Gasteiger partial charge in [0, 0.05) is 32.2 Å². The first kappa shape index (κ1) is 21.6. The van der Waals surface area contributed by atoms with Crippen LogP contribution >= 0.6 is 11.6 Å². The molecule has 1 N–H and O–H groups in total. The van der Waals surface area contributed by atoms with Gasteiger partial charge in [-0.1, -0.05) is 43.5 Å². The van der Waals surface area contributed by atoms with E-state index in [1.165, 1.54) is 23.2 Å². The molecule has 8 heteroatoms. The highest BCUT2D eigenvalue weighted by atomic mass is 35.5. The summed E-state index contributed by atoms with van der Waals surface area (Å²) in [6.45, 7) is 5.86. The van der Waals surface area contributed by atoms with Crippen molar-refractivity contribution >= 4 is 27.5 Å². The summed E-state index contributed by atoms with van der Waals surface area (Å²) in [6, 6.07) is 6.50. The van der Waals surface area contributed by atoms with Crippen LogP contribution < -0.4 is 5.32 Å². The summed E-state index contributed by atoms with van der Waals surface area (Å²) in [5.74, 6) is 0.559. The molecule has 3 atom stereocenters. The van der Waals surface area contributed by atoms with Gasteiger partial charge in [0.1, 0.15) is 4.90 Å². The lowest BCUT2D eigenvalue weighted by atomic mass is 9.86. The lowest BCUT2D eigenvalue weighted by Crippen LogP contribution is -2.56. The number of benzene rings is 1. The SMILES string of the molecule is C[C@@H]1CCCC[C@@H]1NC(=O)[C@@H](C)N1CCN(S(=O)(=O)c2ccccc2Cl)CC1. The molecule has 0 unspecified atom stereocenters. The Morgan fingerprint density at radius 3 is 2.43 bits per heavy atom. The van der Waals surface area contributed by atoms with E-state index < -0.39 is 10.0 Å². The molecule has 1 aromatic carbocycles. The molecule has 1 aromatic rings. The number of rotatable bonds is 5. The fourth-order valence-corrected chi connectivity index (χ4v) is 6.04. The van der Waals surface area contributed by atoms with E-state index in [-0.39, 0.29) is 27.9 Å². The van der Waals surface area contributed by atoms with Crippen molar-refractivity contribution < 1.29 is 13.2 Å². The molecule has 1 amide bonds. The van der Waals surface area contributed by atoms with Crippen molar-refractivity contribution in [3.63, 3.8) is 0 Å². The zero-order valence-corrected chi connectivity index (χ0v) is 18.2. The van der Waals surface area contributed by atoms with Crippen molar-refractivity contribution in [2.75, 3.05) is 26.2 Å². The molecule has 1 heterocycles. The molecule has 0 radical (unpaired) electrons. The van der Waals surface area contributed by atoms with Crippen LogP contribution in [0.2, 0.25) is 5.02 Å². The fourth-order valence-electron chi connectivity index (χ4n) is 4.12. The second-order valence-corrected chi connectivity index (χ2v) is 10.2. The number of nitrogens with zero attached hydrogens (tertiary/aromatic N) is 2. The third kappa shape index (κ3) is 4.70. The van der Waals surface area contributed by atoms with Crippen LogP contribution in [-0.2, 0) is 14.8 Å². The molecule has 1 saturated heterocycles. The molecule has 2 fully saturated rings. The molecule has 28 heavy (non-hydrogen) atoms. The van der Waals surface area contributed by atoms with Crippen molar-refractivity contribution in [2.45, 2.75) is 56.5 Å². The minimum atomic E-state index is -3.62. The number of piperazine rings is 1. The second-order valence-electron chi connectivity index (χ2n) is 7.92. The maximum absolute atomic E-state index is 12.9. The van der Waals surface area contributed by atoms with Crippen molar-refractivity contribution in [1.29, 1.82) is 0 Å². The normalized spacial score (nSPS) is 26.0. The topological polar surface area (TPSA) is 69.7 Å². The maximum Gasteiger partial charge on any atom is 0.244 e. The van der Waals surface area contributed by atoms with Crippen LogP contribution in [0.25, 0.3) is 0 Å². The molecule has 0 aromatic heterocycles. The van der Waals surface area contributed by atoms with Crippen LogP contribution in [0.4, 0.5) is 0 Å². The van der Waals surface area contributed by atoms with Gasteiger partial charge in [-0.25, -0.2) is 8.42 Å². The monoisotopic (exact) mass is 427 g/mol. The molecule has 6 nitrogen and oxygen atoms in total. The van der Waals surface area contributed by atoms with E-state index in [1.54, 1.807) is 18.2 Å². The van der Waals surface area contributed by atoms with Crippen molar-refractivity contribution in [1.82, 2.24) is 14.5 Å². The highest BCUT2D eigenvalue weighted by Crippen LogP contribution is 2.26. The fraction of sp³-hybridized carbons (Fsp3) is 0.650. The third-order valence-electron chi connectivity index (χ3n) is 6.09. The quantitative estimate of drug-likeness (QED) is 0.784. The number of carbonyl (C=O) groups is 1. The zero-order chi connectivity index (χ0) is 20.3. The Kier molecular flexibility index (Phi) is 7.02. The van der Waals surface area contributed by atoms with Gasteiger partial charge in [-0.05, 0) is 37.8 Å². The van der Waals surface area contributed by atoms with Crippen LogP contribution in [0.15, 0.2) is 29.2 Å². The van der Waals surface area contributed by atoms with Crippen LogP contribution in [0.3, 0.4) is 0 Å². The standard InChI is InChI=1S/C20H30ClN3O3S/c1-15-7-3-5-9-18(15)22-20(25)16(2)23-11-13-24(14-12-23)28(26,27)19-10-6-4-8-17(19)21/h4,6,8,10,15-16,18H,3,5,7,9,11-14H2,1-2H3,(H,22,25)/t15-,16-,18+/m1/s1. The van der Waals surface area contributed by atoms with Gasteiger partial charge in [-0.2, -0.15) is 4.31 Å². The Labute approximate surface area is 173 Å². The zero-order valence-electron chi connectivity index (χ0n) is 16.6. The van der Waals surface area contributed by atoms with E-state index in [0.29, 0.717) is 32.1 Å². The van der Waals surface area contributed by atoms with Crippen LogP contribution in [0.1, 0.15) is 39.5 Å². The van der Waals surface area contributed by atoms with Crippen LogP contribution in [-0.4, -0.2) is 61.8 Å². The molecule has 0 bridgehead atoms. The summed E-state index contributed by atoms with van der Waals surface area (Å²) in [6.07, 6.45) is 4.62. The van der Waals surface area contributed by atoms with E-state index in [1.807, 2.05) is 6.92 Å². The minimum absolute atomic E-state index is 0.0427. The molecular weight excluding hydrogens is 398 g/mol. The molecule has 156 valence electrons. The largest absolute Gasteiger partial charge is 0.352 e. The number of hydrogen-bond donors (Lipinski definition) is 1. The average Bonchev–Trinajstić information content (AvgIpc) is 2.69. The molecule has 1 saturated carbocycles. The molecule has 2 aliphatic rings. The Morgan fingerprint density at radius 2 is 1.79 bits per heavy atom. The molecule has 0 spiro atoms. The van der Waals surface area contributed by atoms with Gasteiger partial charge < -0.3 is 5.32 Å². The van der Waals surface area contributed by atoms with Gasteiger partial charge in [0.2, 0.25) is 15.9 Å². The Bertz CT molecular complexity index is 794. The number of nitrogens with one attached hydrogen (secondary N) is 1. The van der Waals surface area contributed by atoms with Gasteiger partial charge in [0.25, 0.3) is 0 Å². The first-order chi connectivity index (χ1) is 13.3. The number of halogens is 1. The van der Waals surface area contributed by atoms with Crippen LogP contribution in [0, 0.1) is 5.92 Å². The van der Waals surface area contributed by atoms with Crippen molar-refractivity contribution in [3.05, 3.63) is 29.3 Å². The summed E-state index contributed by atoms with van der Waals surface area (Å²) in [4.78, 5) is 14.9. The smallest absolute Gasteiger partial charge is 0.244 e. The molecular formula is C20H30ClN3O3S. The summed E-state index contributed by atoms with van der Waals surface area (Å²) in [5.41, 5.74) is 0. The van der Waals surface area contributed by atoms with Gasteiger partial charge in [-0.15, -0.1) is 0 Å². The predicted octanol–water partition coefficient (Wildman–Crippen LogP) is 2.73. The first-order valence-corrected chi connectivity index (χ1v) is 11.9. The number of amides is 1. The van der Waals surface area contributed by atoms with Gasteiger partial charge >= 0.3 is 0 Å². The van der Waals surface area contributed by atoms with Crippen molar-refractivity contribution in [3.8, 4) is 0 Å². The predicted molar refractivity (Wildman–Crippen MR) is 111 cm³/mol. The third-order valence-corrected chi connectivity index (χ3v) is 8.49. The first-order valence-electron chi connectivity index (χ1n) is 10.1. The summed E-state index contributed by atoms with van der Waals surface area (Å²) in [7, 11) is -3.62. The van der Waals surface area contributed by atoms with Crippen molar-refractivity contribution in [2.24, 2.45) is 5.92 Å². The second kappa shape index (κ2) is 9.11. The number of hydrogen-bond acceptors (Lipinski definition) is 4. The Hall–Kier alpha value is -1.15. The highest BCUT2D eigenvalue weighted by Gasteiger charge is 2.33. The molecule has 1 aliphatic carbocycles. The Morgan fingerprint density at radius 1 is 1.14 bits per heavy atom. The van der Waals surface area contributed by atoms with E-state index in [2.05, 4.69) is 17.1 Å². The number of sulfonamides is 1. The average molecular weight is 428 g/mol. The summed E-state index contributed by atoms with van der Waals surface area (Å²) >= 11 is 6.08. The summed E-state index contributed by atoms with van der Waals surface area (Å²) < 4.78 is 27.2. The lowest BCUT2D eigenvalue weighted by molar-refractivity contribution is -0.127. The highest BCUT2D eigenvalue weighted by molar-refractivity contribution is 7.89. The van der Waals surface area contributed by atoms with Gasteiger partial charge in [-0.3, -0.25) is 9.69 Å². The van der Waals surface area contributed by atoms with E-state index >= 15 is 0 Å². The maximum atomic E-state index is 12.9.